The topological polar surface area (TPSA) is 66.0 Å². The van der Waals surface area contributed by atoms with Gasteiger partial charge in [0.2, 0.25) is 0 Å². The molecule has 2 aromatic rings. The van der Waals surface area contributed by atoms with Crippen LogP contribution in [0.2, 0.25) is 0 Å². The number of cyclic esters (lactones) is 1. The van der Waals surface area contributed by atoms with Gasteiger partial charge in [0.25, 0.3) is 5.91 Å². The van der Waals surface area contributed by atoms with Gasteiger partial charge in [-0.3, -0.25) is 9.69 Å². The zero-order chi connectivity index (χ0) is 22.0. The average Bonchev–Trinajstić information content (AvgIpc) is 3.12. The monoisotopic (exact) mass is 458 g/mol. The first kappa shape index (κ1) is 23.9. The van der Waals surface area contributed by atoms with Gasteiger partial charge >= 0.3 is 6.09 Å². The van der Waals surface area contributed by atoms with Crippen molar-refractivity contribution in [3.63, 3.8) is 0 Å². The van der Waals surface area contributed by atoms with E-state index in [0.29, 0.717) is 25.3 Å². The van der Waals surface area contributed by atoms with Crippen molar-refractivity contribution in [3.8, 4) is 0 Å². The van der Waals surface area contributed by atoms with E-state index in [1.165, 1.54) is 11.1 Å². The molecule has 1 aromatic carbocycles. The number of aryl methyl sites for hydroxylation is 2. The van der Waals surface area contributed by atoms with E-state index in [1.54, 1.807) is 17.0 Å². The largest absolute Gasteiger partial charge is 0.447 e. The quantitative estimate of drug-likeness (QED) is 0.675. The summed E-state index contributed by atoms with van der Waals surface area (Å²) in [6.45, 7) is 9.47. The predicted molar refractivity (Wildman–Crippen MR) is 128 cm³/mol. The van der Waals surface area contributed by atoms with Crippen LogP contribution in [0.4, 0.5) is 16.3 Å². The highest BCUT2D eigenvalue weighted by Crippen LogP contribution is 2.24. The van der Waals surface area contributed by atoms with E-state index in [1.807, 2.05) is 30.2 Å². The molecule has 0 radical (unpaired) electrons. The molecule has 2 saturated heterocycles. The Morgan fingerprint density at radius 1 is 1.16 bits per heavy atom. The summed E-state index contributed by atoms with van der Waals surface area (Å²) in [5.41, 5.74) is 3.86. The van der Waals surface area contributed by atoms with Crippen molar-refractivity contribution in [2.45, 2.75) is 39.7 Å². The van der Waals surface area contributed by atoms with Crippen LogP contribution < -0.4 is 9.80 Å². The molecule has 0 saturated carbocycles. The zero-order valence-corrected chi connectivity index (χ0v) is 19.7. The second-order valence-electron chi connectivity index (χ2n) is 8.36. The maximum atomic E-state index is 13.0. The molecule has 0 N–H and O–H groups in total. The molecule has 32 heavy (non-hydrogen) atoms. The van der Waals surface area contributed by atoms with Crippen molar-refractivity contribution < 1.29 is 14.3 Å². The first-order valence-corrected chi connectivity index (χ1v) is 11.0. The third-order valence-corrected chi connectivity index (χ3v) is 5.99. The highest BCUT2D eigenvalue weighted by atomic mass is 35.5. The molecule has 0 bridgehead atoms. The van der Waals surface area contributed by atoms with E-state index < -0.39 is 0 Å². The molecular weight excluding hydrogens is 428 g/mol. The number of aromatic nitrogens is 1. The van der Waals surface area contributed by atoms with E-state index in [-0.39, 0.29) is 30.4 Å². The van der Waals surface area contributed by atoms with Gasteiger partial charge in [-0.1, -0.05) is 19.4 Å². The minimum atomic E-state index is -0.339. The van der Waals surface area contributed by atoms with E-state index in [0.717, 1.165) is 37.4 Å². The van der Waals surface area contributed by atoms with Crippen LogP contribution in [0, 0.1) is 6.92 Å². The molecule has 1 atom stereocenters. The lowest BCUT2D eigenvalue weighted by Gasteiger charge is -2.36. The molecule has 2 aliphatic rings. The molecule has 2 amide bonds. The Balaban J connectivity index is 0.00000289. The highest BCUT2D eigenvalue weighted by Gasteiger charge is 2.31. The number of nitrogens with zero attached hydrogens (tertiary/aromatic N) is 4. The van der Waals surface area contributed by atoms with Gasteiger partial charge in [-0.25, -0.2) is 9.78 Å². The molecule has 1 unspecified atom stereocenters. The third-order valence-electron chi connectivity index (χ3n) is 5.99. The average molecular weight is 459 g/mol. The van der Waals surface area contributed by atoms with Crippen molar-refractivity contribution in [1.29, 1.82) is 0 Å². The molecule has 1 aromatic heterocycles. The van der Waals surface area contributed by atoms with Gasteiger partial charge < -0.3 is 14.5 Å². The second kappa shape index (κ2) is 10.2. The Labute approximate surface area is 195 Å². The van der Waals surface area contributed by atoms with Gasteiger partial charge in [-0.15, -0.1) is 12.4 Å². The number of piperazine rings is 1. The lowest BCUT2D eigenvalue weighted by Crippen LogP contribution is -2.49. The molecule has 2 aliphatic heterocycles. The molecule has 2 fully saturated rings. The van der Waals surface area contributed by atoms with Gasteiger partial charge in [0, 0.05) is 43.6 Å². The number of ether oxygens (including phenoxy) is 1. The maximum absolute atomic E-state index is 13.0. The van der Waals surface area contributed by atoms with Crippen LogP contribution in [0.25, 0.3) is 0 Å². The summed E-state index contributed by atoms with van der Waals surface area (Å²) in [6, 6.07) is 9.44. The number of pyridine rings is 1. The fourth-order valence-electron chi connectivity index (χ4n) is 4.33. The van der Waals surface area contributed by atoms with E-state index >= 15 is 0 Å². The summed E-state index contributed by atoms with van der Waals surface area (Å²) in [6.07, 6.45) is 3.80. The van der Waals surface area contributed by atoms with E-state index in [2.05, 4.69) is 29.8 Å². The normalized spacial score (nSPS) is 18.4. The SMILES string of the molecule is CCCc1cnc(N2CCN(C(=O)c3ccc(N4C(=O)OCC4C)cc3)CC2)c(C)c1.Cl. The van der Waals surface area contributed by atoms with Crippen LogP contribution in [-0.2, 0) is 11.2 Å². The minimum Gasteiger partial charge on any atom is -0.447 e. The van der Waals surface area contributed by atoms with Gasteiger partial charge in [0.05, 0.1) is 6.04 Å². The fraction of sp³-hybridized carbons (Fsp3) is 0.458. The van der Waals surface area contributed by atoms with Crippen molar-refractivity contribution in [3.05, 3.63) is 53.2 Å². The summed E-state index contributed by atoms with van der Waals surface area (Å²) >= 11 is 0. The third kappa shape index (κ3) is 4.83. The van der Waals surface area contributed by atoms with Crippen molar-refractivity contribution in [2.75, 3.05) is 42.6 Å². The van der Waals surface area contributed by atoms with Crippen molar-refractivity contribution in [1.82, 2.24) is 9.88 Å². The number of carbonyl (C=O) groups is 2. The fourth-order valence-corrected chi connectivity index (χ4v) is 4.33. The number of amides is 2. The second-order valence-corrected chi connectivity index (χ2v) is 8.36. The number of halogens is 1. The Kier molecular flexibility index (Phi) is 7.61. The number of rotatable bonds is 5. The summed E-state index contributed by atoms with van der Waals surface area (Å²) in [7, 11) is 0. The zero-order valence-electron chi connectivity index (χ0n) is 18.9. The van der Waals surface area contributed by atoms with E-state index in [9.17, 15) is 9.59 Å². The minimum absolute atomic E-state index is 0. The molecule has 8 heteroatoms. The Morgan fingerprint density at radius 3 is 2.41 bits per heavy atom. The van der Waals surface area contributed by atoms with E-state index in [4.69, 9.17) is 4.74 Å². The van der Waals surface area contributed by atoms with Gasteiger partial charge in [-0.05, 0) is 55.7 Å². The lowest BCUT2D eigenvalue weighted by atomic mass is 10.1. The van der Waals surface area contributed by atoms with Crippen LogP contribution in [0.15, 0.2) is 36.5 Å². The molecule has 0 aliphatic carbocycles. The summed E-state index contributed by atoms with van der Waals surface area (Å²) in [5, 5.41) is 0. The number of anilines is 2. The highest BCUT2D eigenvalue weighted by molar-refractivity contribution is 5.96. The number of carbonyl (C=O) groups excluding carboxylic acids is 2. The molecule has 7 nitrogen and oxygen atoms in total. The van der Waals surface area contributed by atoms with Gasteiger partial charge in [0.1, 0.15) is 12.4 Å². The van der Waals surface area contributed by atoms with Gasteiger partial charge in [0.15, 0.2) is 0 Å². The van der Waals surface area contributed by atoms with Crippen LogP contribution in [0.3, 0.4) is 0 Å². The molecule has 4 rings (SSSR count). The maximum Gasteiger partial charge on any atom is 0.414 e. The Bertz CT molecular complexity index is 958. The van der Waals surface area contributed by atoms with Crippen molar-refractivity contribution in [2.24, 2.45) is 0 Å². The number of hydrogen-bond donors (Lipinski definition) is 0. The smallest absolute Gasteiger partial charge is 0.414 e. The van der Waals surface area contributed by atoms with Gasteiger partial charge in [-0.2, -0.15) is 0 Å². The van der Waals surface area contributed by atoms with Crippen LogP contribution in [-0.4, -0.2) is 60.7 Å². The van der Waals surface area contributed by atoms with Crippen LogP contribution in [0.5, 0.6) is 0 Å². The number of hydrogen-bond acceptors (Lipinski definition) is 5. The molecule has 172 valence electrons. The first-order valence-electron chi connectivity index (χ1n) is 11.0. The summed E-state index contributed by atoms with van der Waals surface area (Å²) in [5.74, 6) is 1.04. The standard InChI is InChI=1S/C24H30N4O3.ClH/c1-4-5-19-14-17(2)22(25-15-19)26-10-12-27(13-11-26)23(29)20-6-8-21(9-7-20)28-18(3)16-31-24(28)30;/h6-9,14-15,18H,4-5,10-13,16H2,1-3H3;1H. The predicted octanol–water partition coefficient (Wildman–Crippen LogP) is 4.07. The first-order chi connectivity index (χ1) is 15.0. The summed E-state index contributed by atoms with van der Waals surface area (Å²) < 4.78 is 5.08. The summed E-state index contributed by atoms with van der Waals surface area (Å²) in [4.78, 5) is 35.3. The molecule has 0 spiro atoms. The molecule has 3 heterocycles. The van der Waals surface area contributed by atoms with Crippen LogP contribution >= 0.6 is 12.4 Å². The Morgan fingerprint density at radius 2 is 1.84 bits per heavy atom. The lowest BCUT2D eigenvalue weighted by molar-refractivity contribution is 0.0746. The van der Waals surface area contributed by atoms with Crippen LogP contribution in [0.1, 0.15) is 41.8 Å². The Hall–Kier alpha value is -2.80. The molecular formula is C24H31ClN4O3. The van der Waals surface area contributed by atoms with Crippen molar-refractivity contribution >= 4 is 35.9 Å². The number of benzene rings is 1.